The van der Waals surface area contributed by atoms with E-state index in [4.69, 9.17) is 0 Å². The van der Waals surface area contributed by atoms with Crippen LogP contribution in [0.3, 0.4) is 0 Å². The van der Waals surface area contributed by atoms with Crippen LogP contribution in [0.4, 0.5) is 11.6 Å². The number of nitrogens with one attached hydrogen (secondary N) is 1. The van der Waals surface area contributed by atoms with E-state index in [-0.39, 0.29) is 16.8 Å². The van der Waals surface area contributed by atoms with Crippen LogP contribution in [0.2, 0.25) is 0 Å². The molecule has 3 aromatic rings. The smallest absolute Gasteiger partial charge is 0.264 e. The van der Waals surface area contributed by atoms with Crippen LogP contribution in [0.1, 0.15) is 23.2 Å². The van der Waals surface area contributed by atoms with E-state index >= 15 is 0 Å². The number of amides is 1. The number of para-hydroxylation sites is 1. The van der Waals surface area contributed by atoms with E-state index < -0.39 is 10.0 Å². The lowest BCUT2D eigenvalue weighted by atomic mass is 10.0. The third kappa shape index (κ3) is 4.72. The van der Waals surface area contributed by atoms with Crippen molar-refractivity contribution in [2.75, 3.05) is 29.3 Å². The molecular weight excluding hydrogens is 426 g/mol. The number of carbonyl (C=O) groups excluding carboxylic acids is 1. The largest absolute Gasteiger partial charge is 0.349 e. The highest BCUT2D eigenvalue weighted by atomic mass is 32.2. The highest BCUT2D eigenvalue weighted by Gasteiger charge is 2.24. The van der Waals surface area contributed by atoms with Crippen LogP contribution < -0.4 is 14.5 Å². The summed E-state index contributed by atoms with van der Waals surface area (Å²) < 4.78 is 27.0. The molecule has 1 amide bonds. The first-order valence-electron chi connectivity index (χ1n) is 10.4. The molecule has 0 spiro atoms. The highest BCUT2D eigenvalue weighted by molar-refractivity contribution is 7.92. The molecule has 0 unspecified atom stereocenters. The van der Waals surface area contributed by atoms with Gasteiger partial charge in [-0.15, -0.1) is 0 Å². The number of hydrogen-bond acceptors (Lipinski definition) is 6. The number of nitrogens with zero attached hydrogens (tertiary/aromatic N) is 4. The lowest BCUT2D eigenvalue weighted by Crippen LogP contribution is -2.45. The number of carbonyl (C=O) groups is 1. The summed E-state index contributed by atoms with van der Waals surface area (Å²) in [6.45, 7) is 1.52. The molecule has 1 aromatic heterocycles. The molecule has 8 nitrogen and oxygen atoms in total. The Morgan fingerprint density at radius 2 is 1.59 bits per heavy atom. The van der Waals surface area contributed by atoms with Crippen LogP contribution in [-0.4, -0.2) is 50.5 Å². The van der Waals surface area contributed by atoms with E-state index in [9.17, 15) is 13.2 Å². The molecule has 4 rings (SSSR count). The summed E-state index contributed by atoms with van der Waals surface area (Å²) in [5.41, 5.74) is 1.00. The Morgan fingerprint density at radius 3 is 2.22 bits per heavy atom. The topological polar surface area (TPSA) is 95.5 Å². The molecule has 2 aromatic carbocycles. The van der Waals surface area contributed by atoms with Gasteiger partial charge >= 0.3 is 0 Å². The van der Waals surface area contributed by atoms with E-state index in [2.05, 4.69) is 20.2 Å². The van der Waals surface area contributed by atoms with Crippen LogP contribution in [-0.2, 0) is 10.0 Å². The fourth-order valence-corrected chi connectivity index (χ4v) is 4.86. The summed E-state index contributed by atoms with van der Waals surface area (Å²) in [6, 6.07) is 16.7. The lowest BCUT2D eigenvalue weighted by Gasteiger charge is -2.32. The van der Waals surface area contributed by atoms with E-state index in [1.54, 1.807) is 54.9 Å². The second-order valence-electron chi connectivity index (χ2n) is 7.62. The summed E-state index contributed by atoms with van der Waals surface area (Å²) in [5, 5.41) is 3.05. The van der Waals surface area contributed by atoms with Crippen molar-refractivity contribution in [1.82, 2.24) is 15.3 Å². The summed E-state index contributed by atoms with van der Waals surface area (Å²) in [5.74, 6) is 0.495. The molecule has 1 fully saturated rings. The zero-order valence-electron chi connectivity index (χ0n) is 17.8. The first-order valence-corrected chi connectivity index (χ1v) is 11.9. The number of anilines is 2. The zero-order chi connectivity index (χ0) is 22.6. The van der Waals surface area contributed by atoms with Crippen molar-refractivity contribution < 1.29 is 13.2 Å². The summed E-state index contributed by atoms with van der Waals surface area (Å²) in [4.78, 5) is 23.5. The van der Waals surface area contributed by atoms with Crippen molar-refractivity contribution in [3.8, 4) is 0 Å². The molecular formula is C23H25N5O3S. The third-order valence-electron chi connectivity index (χ3n) is 5.56. The van der Waals surface area contributed by atoms with Crippen LogP contribution in [0.15, 0.2) is 78.0 Å². The lowest BCUT2D eigenvalue weighted by molar-refractivity contribution is 0.0931. The van der Waals surface area contributed by atoms with Crippen molar-refractivity contribution in [1.29, 1.82) is 0 Å². The van der Waals surface area contributed by atoms with Gasteiger partial charge in [0.15, 0.2) is 0 Å². The number of hydrogen-bond donors (Lipinski definition) is 1. The summed E-state index contributed by atoms with van der Waals surface area (Å²) in [6.07, 6.45) is 5.02. The van der Waals surface area contributed by atoms with Gasteiger partial charge in [0.25, 0.3) is 15.9 Å². The highest BCUT2D eigenvalue weighted by Crippen LogP contribution is 2.22. The van der Waals surface area contributed by atoms with E-state index in [0.717, 1.165) is 25.9 Å². The molecule has 166 valence electrons. The van der Waals surface area contributed by atoms with Crippen molar-refractivity contribution in [2.24, 2.45) is 0 Å². The second-order valence-corrected chi connectivity index (χ2v) is 9.59. The molecule has 0 aliphatic carbocycles. The Balaban J connectivity index is 1.36. The summed E-state index contributed by atoms with van der Waals surface area (Å²) in [7, 11) is -2.20. The number of benzene rings is 2. The fraction of sp³-hybridized carbons (Fsp3) is 0.261. The average molecular weight is 452 g/mol. The molecule has 0 saturated carbocycles. The molecule has 2 heterocycles. The third-order valence-corrected chi connectivity index (χ3v) is 7.36. The minimum atomic E-state index is -3.71. The summed E-state index contributed by atoms with van der Waals surface area (Å²) >= 11 is 0. The van der Waals surface area contributed by atoms with Crippen molar-refractivity contribution in [3.63, 3.8) is 0 Å². The van der Waals surface area contributed by atoms with Gasteiger partial charge in [-0.1, -0.05) is 18.2 Å². The van der Waals surface area contributed by atoms with Crippen molar-refractivity contribution >= 4 is 27.6 Å². The maximum absolute atomic E-state index is 12.9. The Hall–Kier alpha value is -3.46. The monoisotopic (exact) mass is 451 g/mol. The molecule has 9 heteroatoms. The maximum atomic E-state index is 12.9. The molecule has 0 atom stereocenters. The van der Waals surface area contributed by atoms with Crippen molar-refractivity contribution in [3.05, 3.63) is 78.6 Å². The molecule has 1 aliphatic rings. The van der Waals surface area contributed by atoms with Crippen LogP contribution in [0.25, 0.3) is 0 Å². The fourth-order valence-electron chi connectivity index (χ4n) is 3.66. The Morgan fingerprint density at radius 1 is 0.969 bits per heavy atom. The van der Waals surface area contributed by atoms with Crippen molar-refractivity contribution in [2.45, 2.75) is 23.8 Å². The number of aromatic nitrogens is 2. The van der Waals surface area contributed by atoms with Crippen LogP contribution in [0.5, 0.6) is 0 Å². The van der Waals surface area contributed by atoms with Gasteiger partial charge in [-0.3, -0.25) is 9.10 Å². The first-order chi connectivity index (χ1) is 15.4. The SMILES string of the molecule is CN(c1ccccc1)S(=O)(=O)c1ccc(C(=O)NC2CCN(c3ncccn3)CC2)cc1. The molecule has 1 saturated heterocycles. The Bertz CT molecular complexity index is 1150. The number of sulfonamides is 1. The van der Waals surface area contributed by atoms with Gasteiger partial charge in [0.1, 0.15) is 0 Å². The predicted molar refractivity (Wildman–Crippen MR) is 123 cm³/mol. The Labute approximate surface area is 188 Å². The minimum Gasteiger partial charge on any atom is -0.349 e. The van der Waals surface area contributed by atoms with Crippen LogP contribution in [0, 0.1) is 0 Å². The van der Waals surface area contributed by atoms with Gasteiger partial charge in [0.05, 0.1) is 10.6 Å². The molecule has 32 heavy (non-hydrogen) atoms. The molecule has 1 N–H and O–H groups in total. The standard InChI is InChI=1S/C23H25N5O3S/c1-27(20-6-3-2-4-7-20)32(30,31)21-10-8-18(9-11-21)22(29)26-19-12-16-28(17-13-19)23-24-14-5-15-25-23/h2-11,14-15,19H,12-13,16-17H2,1H3,(H,26,29). The maximum Gasteiger partial charge on any atom is 0.264 e. The number of piperidine rings is 1. The zero-order valence-corrected chi connectivity index (χ0v) is 18.6. The van der Waals surface area contributed by atoms with Crippen LogP contribution >= 0.6 is 0 Å². The van der Waals surface area contributed by atoms with E-state index in [1.165, 1.54) is 23.5 Å². The normalized spacial score (nSPS) is 14.7. The predicted octanol–water partition coefficient (Wildman–Crippen LogP) is 2.70. The van der Waals surface area contributed by atoms with Gasteiger partial charge in [-0.25, -0.2) is 18.4 Å². The molecule has 0 radical (unpaired) electrons. The Kier molecular flexibility index (Phi) is 6.36. The number of rotatable bonds is 6. The van der Waals surface area contributed by atoms with Gasteiger partial charge < -0.3 is 10.2 Å². The van der Waals surface area contributed by atoms with Gasteiger partial charge in [-0.2, -0.15) is 0 Å². The quantitative estimate of drug-likeness (QED) is 0.619. The van der Waals surface area contributed by atoms with Gasteiger partial charge in [0, 0.05) is 44.1 Å². The minimum absolute atomic E-state index is 0.0510. The second kappa shape index (κ2) is 9.35. The van der Waals surface area contributed by atoms with E-state index in [0.29, 0.717) is 17.2 Å². The average Bonchev–Trinajstić information content (AvgIpc) is 2.85. The molecule has 1 aliphatic heterocycles. The first kappa shape index (κ1) is 21.8. The van der Waals surface area contributed by atoms with E-state index in [1.807, 2.05) is 6.07 Å². The molecule has 0 bridgehead atoms. The van der Waals surface area contributed by atoms with Gasteiger partial charge in [0.2, 0.25) is 5.95 Å². The van der Waals surface area contributed by atoms with Gasteiger partial charge in [-0.05, 0) is 55.3 Å².